The van der Waals surface area contributed by atoms with Crippen LogP contribution in [0.5, 0.6) is 5.75 Å². The van der Waals surface area contributed by atoms with Crippen LogP contribution in [0, 0.1) is 5.82 Å². The molecule has 3 aromatic rings. The first-order valence-corrected chi connectivity index (χ1v) is 12.2. The van der Waals surface area contributed by atoms with E-state index in [0.717, 1.165) is 10.6 Å². The van der Waals surface area contributed by atoms with Gasteiger partial charge >= 0.3 is 11.4 Å². The van der Waals surface area contributed by atoms with Crippen LogP contribution in [-0.4, -0.2) is 30.6 Å². The maximum atomic E-state index is 14.4. The molecule has 0 spiro atoms. The summed E-state index contributed by atoms with van der Waals surface area (Å²) in [6.45, 7) is 0.0640. The molecule has 2 heterocycles. The Morgan fingerprint density at radius 2 is 1.75 bits per heavy atom. The first-order chi connectivity index (χ1) is 17.3. The molecule has 0 bridgehead atoms. The topological polar surface area (TPSA) is 103 Å². The highest BCUT2D eigenvalue weighted by atomic mass is 127. The zero-order valence-corrected chi connectivity index (χ0v) is 20.7. The maximum Gasteiger partial charge on any atom is 0.352 e. The molecule has 0 fully saturated rings. The van der Waals surface area contributed by atoms with E-state index in [2.05, 4.69) is 0 Å². The molecule has 0 radical (unpaired) electrons. The number of fused-ring (bicyclic) bond motifs is 3. The van der Waals surface area contributed by atoms with Crippen LogP contribution < -0.4 is 11.4 Å². The average Bonchev–Trinajstić information content (AvgIpc) is 3.13. The highest BCUT2D eigenvalue weighted by Crippen LogP contribution is 2.50. The number of phenolic OH excluding ortho intramolecular Hbond substituents is 1. The van der Waals surface area contributed by atoms with Gasteiger partial charge in [0.05, 0.1) is 21.9 Å². The molecule has 0 saturated heterocycles. The molecule has 2 aliphatic carbocycles. The molecule has 0 unspecified atom stereocenters. The Labute approximate surface area is 216 Å². The van der Waals surface area contributed by atoms with Crippen molar-refractivity contribution in [2.75, 3.05) is 0 Å². The number of carbonyl (C=O) groups is 2. The van der Waals surface area contributed by atoms with Crippen LogP contribution in [0.4, 0.5) is 4.39 Å². The normalized spacial score (nSPS) is 20.9. The van der Waals surface area contributed by atoms with Crippen LogP contribution in [0.15, 0.2) is 90.6 Å². The van der Waals surface area contributed by atoms with Gasteiger partial charge in [-0.15, -0.1) is 0 Å². The molecule has 0 saturated carbocycles. The van der Waals surface area contributed by atoms with Gasteiger partial charge in [0.1, 0.15) is 0 Å². The lowest BCUT2D eigenvalue weighted by molar-refractivity contribution is -0.115. The number of aromatic nitrogens is 3. The summed E-state index contributed by atoms with van der Waals surface area (Å²) >= 11 is 1.81. The molecule has 1 aromatic heterocycles. The smallest absolute Gasteiger partial charge is 0.352 e. The van der Waals surface area contributed by atoms with Crippen LogP contribution in [0.2, 0.25) is 0 Å². The van der Waals surface area contributed by atoms with E-state index in [0.29, 0.717) is 16.8 Å². The van der Waals surface area contributed by atoms with Crippen molar-refractivity contribution in [1.29, 1.82) is 0 Å². The van der Waals surface area contributed by atoms with E-state index in [1.165, 1.54) is 27.6 Å². The Bertz CT molecular complexity index is 1710. The summed E-state index contributed by atoms with van der Waals surface area (Å²) in [4.78, 5) is 53.2. The Hall–Kier alpha value is -3.80. The SMILES string of the molecule is O=C1C=C(I)C(=O)C2=C1C[C@@H]1C(=CCn3c(=O)n(-c4ccccc4)c(=O)n31)[C@@H]2c1ccc(O)c(F)c1. The summed E-state index contributed by atoms with van der Waals surface area (Å²) in [5.41, 5.74) is 0.797. The van der Waals surface area contributed by atoms with Gasteiger partial charge in [-0.2, -0.15) is 0 Å². The number of para-hydroxylation sites is 1. The zero-order chi connectivity index (χ0) is 25.3. The fourth-order valence-corrected chi connectivity index (χ4v) is 5.92. The van der Waals surface area contributed by atoms with E-state index < -0.39 is 34.9 Å². The number of ketones is 2. The van der Waals surface area contributed by atoms with Crippen LogP contribution >= 0.6 is 22.6 Å². The van der Waals surface area contributed by atoms with Crippen molar-refractivity contribution in [1.82, 2.24) is 13.9 Å². The Balaban J connectivity index is 1.60. The number of benzene rings is 2. The van der Waals surface area contributed by atoms with Crippen molar-refractivity contribution in [3.63, 3.8) is 0 Å². The van der Waals surface area contributed by atoms with Crippen LogP contribution in [0.3, 0.4) is 0 Å². The molecular weight excluding hydrogens is 580 g/mol. The summed E-state index contributed by atoms with van der Waals surface area (Å²) in [6, 6.07) is 11.6. The van der Waals surface area contributed by atoms with Gasteiger partial charge in [0.15, 0.2) is 23.1 Å². The van der Waals surface area contributed by atoms with E-state index >= 15 is 0 Å². The number of Topliss-reactive ketones (excluding diaryl/α,β-unsaturated/α-hetero) is 1. The second kappa shape index (κ2) is 8.12. The summed E-state index contributed by atoms with van der Waals surface area (Å²) in [5, 5.41) is 9.73. The van der Waals surface area contributed by atoms with Gasteiger partial charge in [-0.25, -0.2) is 27.9 Å². The van der Waals surface area contributed by atoms with Crippen molar-refractivity contribution < 1.29 is 19.1 Å². The van der Waals surface area contributed by atoms with Gasteiger partial charge < -0.3 is 5.11 Å². The van der Waals surface area contributed by atoms with Crippen molar-refractivity contribution in [3.8, 4) is 11.4 Å². The fourth-order valence-electron chi connectivity index (χ4n) is 5.35. The van der Waals surface area contributed by atoms with Gasteiger partial charge in [0, 0.05) is 29.6 Å². The summed E-state index contributed by atoms with van der Waals surface area (Å²) < 4.78 is 18.4. The minimum absolute atomic E-state index is 0.0430. The third-order valence-corrected chi connectivity index (χ3v) is 7.72. The van der Waals surface area contributed by atoms with Crippen molar-refractivity contribution >= 4 is 34.2 Å². The molecule has 2 atom stereocenters. The van der Waals surface area contributed by atoms with E-state index in [9.17, 15) is 28.7 Å². The van der Waals surface area contributed by atoms with Gasteiger partial charge in [-0.05, 0) is 58.0 Å². The predicted octanol–water partition coefficient (Wildman–Crippen LogP) is 3.08. The third kappa shape index (κ3) is 3.16. The monoisotopic (exact) mass is 597 g/mol. The zero-order valence-electron chi connectivity index (χ0n) is 18.5. The molecule has 1 aliphatic heterocycles. The minimum Gasteiger partial charge on any atom is -0.505 e. The average molecular weight is 597 g/mol. The number of hydrogen-bond acceptors (Lipinski definition) is 5. The van der Waals surface area contributed by atoms with Crippen molar-refractivity contribution in [2.24, 2.45) is 0 Å². The maximum absolute atomic E-state index is 14.4. The summed E-state index contributed by atoms with van der Waals surface area (Å²) in [5.74, 6) is -2.91. The van der Waals surface area contributed by atoms with Gasteiger partial charge in [-0.1, -0.05) is 30.3 Å². The summed E-state index contributed by atoms with van der Waals surface area (Å²) in [6.07, 6.45) is 3.07. The first kappa shape index (κ1) is 22.7. The number of carbonyl (C=O) groups excluding carboxylic acids is 2. The molecule has 2 aromatic carbocycles. The molecule has 8 nitrogen and oxygen atoms in total. The quantitative estimate of drug-likeness (QED) is 0.278. The molecule has 1 N–H and O–H groups in total. The molecule has 10 heteroatoms. The number of aromatic hydroxyl groups is 1. The molecule has 3 aliphatic rings. The van der Waals surface area contributed by atoms with Crippen LogP contribution in [0.25, 0.3) is 5.69 Å². The van der Waals surface area contributed by atoms with Gasteiger partial charge in [0.2, 0.25) is 0 Å². The second-order valence-electron chi connectivity index (χ2n) is 8.81. The first-order valence-electron chi connectivity index (χ1n) is 11.2. The Morgan fingerprint density at radius 1 is 1.00 bits per heavy atom. The lowest BCUT2D eigenvalue weighted by atomic mass is 9.69. The second-order valence-corrected chi connectivity index (χ2v) is 9.97. The van der Waals surface area contributed by atoms with Crippen molar-refractivity contribution in [3.05, 3.63) is 113 Å². The summed E-state index contributed by atoms with van der Waals surface area (Å²) in [7, 11) is 0. The van der Waals surface area contributed by atoms with E-state index in [1.54, 1.807) is 36.4 Å². The van der Waals surface area contributed by atoms with Gasteiger partial charge in [0.25, 0.3) is 0 Å². The molecule has 180 valence electrons. The highest BCUT2D eigenvalue weighted by molar-refractivity contribution is 14.1. The third-order valence-electron chi connectivity index (χ3n) is 6.92. The lowest BCUT2D eigenvalue weighted by Gasteiger charge is -2.39. The lowest BCUT2D eigenvalue weighted by Crippen LogP contribution is -2.40. The molecular formula is C26H17FIN3O5. The largest absolute Gasteiger partial charge is 0.505 e. The Kier molecular flexibility index (Phi) is 5.11. The number of phenols is 1. The minimum atomic E-state index is -0.864. The van der Waals surface area contributed by atoms with Crippen LogP contribution in [-0.2, 0) is 16.1 Å². The molecule has 6 rings (SSSR count). The predicted molar refractivity (Wildman–Crippen MR) is 136 cm³/mol. The van der Waals surface area contributed by atoms with E-state index in [-0.39, 0.29) is 39.3 Å². The Morgan fingerprint density at radius 3 is 2.47 bits per heavy atom. The highest BCUT2D eigenvalue weighted by Gasteiger charge is 2.45. The standard InChI is InChI=1S/C26H17FIN3O5/c27-17-10-13(6-7-20(17)32)22-15-8-9-29-25(35)30(14-4-2-1-3-5-14)26(36)31(29)19(15)11-16-21(33)12-18(28)24(34)23(16)22/h1-8,10,12,19,22,32H,9,11H2/t19-,22+/m1/s1. The number of allylic oxidation sites excluding steroid dienone is 6. The molecule has 0 amide bonds. The van der Waals surface area contributed by atoms with E-state index in [1.807, 2.05) is 22.6 Å². The number of rotatable bonds is 2. The van der Waals surface area contributed by atoms with Gasteiger partial charge in [-0.3, -0.25) is 9.59 Å². The number of halogens is 2. The number of nitrogens with zero attached hydrogens (tertiary/aromatic N) is 3. The fraction of sp³-hybridized carbons (Fsp3) is 0.154. The van der Waals surface area contributed by atoms with Crippen LogP contribution in [0.1, 0.15) is 23.9 Å². The number of hydrogen-bond donors (Lipinski definition) is 1. The molecule has 36 heavy (non-hydrogen) atoms. The van der Waals surface area contributed by atoms with E-state index in [4.69, 9.17) is 0 Å². The van der Waals surface area contributed by atoms with Crippen molar-refractivity contribution in [2.45, 2.75) is 24.9 Å².